The molecule has 2 aliphatic carbocycles. The summed E-state index contributed by atoms with van der Waals surface area (Å²) in [5.74, 6) is -1.56. The Kier molecular flexibility index (Phi) is 12.4. The number of nitrogens with one attached hydrogen (secondary N) is 3. The molecule has 0 radical (unpaired) electrons. The van der Waals surface area contributed by atoms with Crippen LogP contribution < -0.4 is 31.3 Å². The molecule has 20 heteroatoms. The Morgan fingerprint density at radius 1 is 0.919 bits per heavy atom. The van der Waals surface area contributed by atoms with Crippen molar-refractivity contribution in [3.05, 3.63) is 111 Å². The normalized spacial score (nSPS) is 22.1. The number of benzene rings is 1. The molecular weight excluding hydrogens is 947 g/mol. The average molecular weight is 1010 g/mol. The summed E-state index contributed by atoms with van der Waals surface area (Å²) in [6, 6.07) is 13.2. The zero-order chi connectivity index (χ0) is 51.7. The van der Waals surface area contributed by atoms with E-state index in [1.54, 1.807) is 60.9 Å². The van der Waals surface area contributed by atoms with E-state index < -0.39 is 29.7 Å². The Balaban J connectivity index is 0.666. The number of carbonyl (C=O) groups is 6. The van der Waals surface area contributed by atoms with Crippen molar-refractivity contribution >= 4 is 64.1 Å². The molecule has 5 aromatic rings. The van der Waals surface area contributed by atoms with Crippen LogP contribution in [0.5, 0.6) is 0 Å². The third-order valence-electron chi connectivity index (χ3n) is 15.5. The van der Waals surface area contributed by atoms with Crippen LogP contribution in [0, 0.1) is 11.3 Å². The molecule has 4 N–H and O–H groups in total. The molecule has 384 valence electrons. The maximum Gasteiger partial charge on any atom is 0.276 e. The summed E-state index contributed by atoms with van der Waals surface area (Å²) in [5.41, 5.74) is 6.79. The predicted molar refractivity (Wildman–Crippen MR) is 273 cm³/mol. The van der Waals surface area contributed by atoms with E-state index in [1.807, 2.05) is 23.1 Å². The molecule has 74 heavy (non-hydrogen) atoms. The van der Waals surface area contributed by atoms with Gasteiger partial charge in [0.25, 0.3) is 23.3 Å². The molecule has 6 aliphatic rings. The number of ether oxygens (including phenoxy) is 1. The number of aliphatic hydroxyl groups excluding tert-OH is 1. The van der Waals surface area contributed by atoms with Crippen molar-refractivity contribution in [3.8, 4) is 11.1 Å². The number of hydrogen-bond acceptors (Lipinski definition) is 14. The smallest absolute Gasteiger partial charge is 0.276 e. The van der Waals surface area contributed by atoms with E-state index in [-0.39, 0.29) is 77.1 Å². The maximum atomic E-state index is 14.0. The van der Waals surface area contributed by atoms with Crippen LogP contribution in [0.3, 0.4) is 0 Å². The van der Waals surface area contributed by atoms with Crippen molar-refractivity contribution in [3.63, 3.8) is 0 Å². The van der Waals surface area contributed by atoms with E-state index in [1.165, 1.54) is 15.8 Å². The first kappa shape index (κ1) is 48.6. The Bertz CT molecular complexity index is 3210. The Morgan fingerprint density at radius 3 is 2.50 bits per heavy atom. The number of nitrogens with zero attached hydrogens (tertiary/aromatic N) is 8. The third-order valence-corrected chi connectivity index (χ3v) is 15.5. The van der Waals surface area contributed by atoms with Crippen molar-refractivity contribution in [2.75, 3.05) is 59.8 Å². The second-order valence-corrected chi connectivity index (χ2v) is 21.1. The Hall–Kier alpha value is -7.71. The van der Waals surface area contributed by atoms with Gasteiger partial charge >= 0.3 is 0 Å². The zero-order valence-electron chi connectivity index (χ0n) is 41.9. The van der Waals surface area contributed by atoms with Gasteiger partial charge in [0.15, 0.2) is 0 Å². The van der Waals surface area contributed by atoms with Gasteiger partial charge in [0.1, 0.15) is 29.1 Å². The number of aliphatic hydroxyl groups is 1. The molecule has 1 aromatic carbocycles. The molecule has 2 saturated heterocycles. The summed E-state index contributed by atoms with van der Waals surface area (Å²) >= 11 is 0. The highest BCUT2D eigenvalue weighted by Crippen LogP contribution is 2.41. The van der Waals surface area contributed by atoms with Crippen LogP contribution in [0.15, 0.2) is 71.9 Å². The lowest BCUT2D eigenvalue weighted by molar-refractivity contribution is -0.145. The number of pyridine rings is 3. The fourth-order valence-corrected chi connectivity index (χ4v) is 11.7. The standard InChI is InChI=1S/C54H59N11O9/c1-30-27-61(49(69)31-20-35(21-31)74-19-14-55-39-7-5-6-37-46(39)53(73)65(50(37)70)41-9-11-45(67)59-48(41)68)15-16-62(30)34-8-10-44(57-26-34)58-40-22-33(28-60(4)51(40)71)36-12-13-56-47(38(36)29-66)64-18-17-63-42(52(64)72)23-32-24-54(2,3)25-43(32)63/h5-8,10,12-13,22-23,26,28,30-31,35,41,55,66H,9,11,14-21,24-25,27,29H2,1-4H3,(H,57,58)(H,59,67,68)/t30-,31-,35+,41?/m0/s1. The van der Waals surface area contributed by atoms with Crippen molar-refractivity contribution < 1.29 is 38.6 Å². The Morgan fingerprint density at radius 2 is 1.74 bits per heavy atom. The number of anilines is 5. The molecule has 6 amide bonds. The largest absolute Gasteiger partial charge is 0.392 e. The quantitative estimate of drug-likeness (QED) is 0.0965. The van der Waals surface area contributed by atoms with E-state index in [4.69, 9.17) is 4.74 Å². The van der Waals surface area contributed by atoms with Crippen LogP contribution in [-0.4, -0.2) is 127 Å². The van der Waals surface area contributed by atoms with Crippen LogP contribution in [0.4, 0.5) is 28.7 Å². The SMILES string of the molecule is C[C@H]1CN(C(=O)[C@H]2C[C@@H](OCCNc3cccc4c3C(=O)N(C3CCC(=O)NC3=O)C4=O)C2)CCN1c1ccc(Nc2cc(-c3ccnc(N4CCn5c(cc6c5CC(C)(C)C6)C4=O)c3CO)cn(C)c2=O)nc1. The van der Waals surface area contributed by atoms with Gasteiger partial charge in [-0.1, -0.05) is 19.9 Å². The Labute approximate surface area is 426 Å². The number of piperidine rings is 1. The number of aryl methyl sites for hydroxylation is 1. The van der Waals surface area contributed by atoms with Crippen LogP contribution in [0.1, 0.15) is 94.5 Å². The summed E-state index contributed by atoms with van der Waals surface area (Å²) in [6.07, 6.45) is 8.19. The van der Waals surface area contributed by atoms with Crippen molar-refractivity contribution in [1.82, 2.24) is 34.2 Å². The molecular formula is C54H59N11O9. The molecule has 3 fully saturated rings. The van der Waals surface area contributed by atoms with E-state index in [9.17, 15) is 38.7 Å². The molecule has 1 saturated carbocycles. The van der Waals surface area contributed by atoms with Crippen molar-refractivity contribution in [2.45, 2.75) is 90.6 Å². The number of amides is 6. The van der Waals surface area contributed by atoms with Gasteiger partial charge in [0.05, 0.1) is 42.3 Å². The minimum Gasteiger partial charge on any atom is -0.392 e. The average Bonchev–Trinajstić information content (AvgIpc) is 3.96. The summed E-state index contributed by atoms with van der Waals surface area (Å²) in [5, 5.41) is 19.4. The first-order valence-corrected chi connectivity index (χ1v) is 25.4. The van der Waals surface area contributed by atoms with Gasteiger partial charge in [-0.05, 0) is 98.0 Å². The number of hydrogen-bond donors (Lipinski definition) is 4. The third kappa shape index (κ3) is 8.68. The van der Waals surface area contributed by atoms with Gasteiger partial charge in [-0.2, -0.15) is 0 Å². The van der Waals surface area contributed by atoms with Gasteiger partial charge in [-0.15, -0.1) is 0 Å². The molecule has 4 aromatic heterocycles. The maximum absolute atomic E-state index is 14.0. The summed E-state index contributed by atoms with van der Waals surface area (Å²) < 4.78 is 9.69. The second kappa shape index (κ2) is 19.0. The first-order chi connectivity index (χ1) is 35.6. The topological polar surface area (TPSA) is 234 Å². The van der Waals surface area contributed by atoms with Gasteiger partial charge in [0.2, 0.25) is 17.7 Å². The highest BCUT2D eigenvalue weighted by molar-refractivity contribution is 6.25. The molecule has 0 spiro atoms. The zero-order valence-corrected chi connectivity index (χ0v) is 41.9. The van der Waals surface area contributed by atoms with Gasteiger partial charge < -0.3 is 39.4 Å². The van der Waals surface area contributed by atoms with Gasteiger partial charge in [-0.3, -0.25) is 48.7 Å². The van der Waals surface area contributed by atoms with Crippen molar-refractivity contribution in [2.24, 2.45) is 18.4 Å². The lowest BCUT2D eigenvalue weighted by atomic mass is 9.81. The van der Waals surface area contributed by atoms with Gasteiger partial charge in [0, 0.05) is 99.6 Å². The molecule has 0 bridgehead atoms. The van der Waals surface area contributed by atoms with E-state index >= 15 is 0 Å². The summed E-state index contributed by atoms with van der Waals surface area (Å²) in [6.45, 7) is 9.63. The number of rotatable bonds is 13. The molecule has 11 rings (SSSR count). The summed E-state index contributed by atoms with van der Waals surface area (Å²) in [7, 11) is 1.66. The van der Waals surface area contributed by atoms with E-state index in [0.717, 1.165) is 23.4 Å². The fourth-order valence-electron chi connectivity index (χ4n) is 11.7. The van der Waals surface area contributed by atoms with Crippen LogP contribution in [0.2, 0.25) is 0 Å². The van der Waals surface area contributed by atoms with Crippen LogP contribution in [-0.2, 0) is 52.2 Å². The number of fused-ring (bicyclic) bond motifs is 4. The van der Waals surface area contributed by atoms with Crippen molar-refractivity contribution in [1.29, 1.82) is 0 Å². The van der Waals surface area contributed by atoms with E-state index in [0.29, 0.717) is 98.4 Å². The molecule has 4 aliphatic heterocycles. The number of piperazine rings is 1. The number of imide groups is 2. The fraction of sp³-hybridized carbons (Fsp3) is 0.426. The molecule has 2 atom stereocenters. The predicted octanol–water partition coefficient (Wildman–Crippen LogP) is 4.01. The number of carbonyl (C=O) groups excluding carboxylic acids is 6. The minimum atomic E-state index is -1.04. The highest BCUT2D eigenvalue weighted by Gasteiger charge is 2.46. The number of aromatic nitrogens is 4. The monoisotopic (exact) mass is 1010 g/mol. The lowest BCUT2D eigenvalue weighted by Crippen LogP contribution is -2.56. The molecule has 8 heterocycles. The molecule has 20 nitrogen and oxygen atoms in total. The minimum absolute atomic E-state index is 0.0121. The van der Waals surface area contributed by atoms with Crippen LogP contribution in [0.25, 0.3) is 11.1 Å². The lowest BCUT2D eigenvalue weighted by Gasteiger charge is -2.44. The van der Waals surface area contributed by atoms with E-state index in [2.05, 4.69) is 56.2 Å². The molecule has 1 unspecified atom stereocenters. The first-order valence-electron chi connectivity index (χ1n) is 25.4. The summed E-state index contributed by atoms with van der Waals surface area (Å²) in [4.78, 5) is 108. The highest BCUT2D eigenvalue weighted by atomic mass is 16.5. The second-order valence-electron chi connectivity index (χ2n) is 21.1. The van der Waals surface area contributed by atoms with Crippen LogP contribution >= 0.6 is 0 Å². The van der Waals surface area contributed by atoms with Gasteiger partial charge in [-0.25, -0.2) is 9.97 Å².